The van der Waals surface area contributed by atoms with Crippen molar-refractivity contribution in [3.8, 4) is 5.69 Å². The Morgan fingerprint density at radius 2 is 1.50 bits per heavy atom. The second kappa shape index (κ2) is 12.4. The summed E-state index contributed by atoms with van der Waals surface area (Å²) in [6.45, 7) is 4.38. The number of hydrogen-bond acceptors (Lipinski definition) is 13. The van der Waals surface area contributed by atoms with Crippen LogP contribution < -0.4 is 0 Å². The molecule has 0 amide bonds. The van der Waals surface area contributed by atoms with E-state index in [1.54, 1.807) is 12.1 Å². The van der Waals surface area contributed by atoms with Crippen molar-refractivity contribution in [3.63, 3.8) is 0 Å². The van der Waals surface area contributed by atoms with Crippen molar-refractivity contribution in [3.05, 3.63) is 30.3 Å². The summed E-state index contributed by atoms with van der Waals surface area (Å²) in [5, 5.41) is 12.1. The van der Waals surface area contributed by atoms with Gasteiger partial charge in [-0.1, -0.05) is 18.2 Å². The molecule has 14 heteroatoms. The first kappa shape index (κ1) is 27.1. The van der Waals surface area contributed by atoms with Crippen molar-refractivity contribution in [1.82, 2.24) is 20.2 Å². The molecule has 36 heavy (non-hydrogen) atoms. The lowest BCUT2D eigenvalue weighted by molar-refractivity contribution is -0.222. The Labute approximate surface area is 210 Å². The highest BCUT2D eigenvalue weighted by atomic mass is 32.2. The summed E-state index contributed by atoms with van der Waals surface area (Å²) < 4.78 is 29.1. The Bertz CT molecular complexity index is 1080. The molecule has 0 saturated carbocycles. The molecular weight excluding hydrogens is 496 g/mol. The molecule has 2 heterocycles. The third-order valence-corrected chi connectivity index (χ3v) is 6.07. The van der Waals surface area contributed by atoms with E-state index >= 15 is 0 Å². The van der Waals surface area contributed by atoms with Gasteiger partial charge in [0.1, 0.15) is 19.3 Å². The molecule has 3 rings (SSSR count). The predicted molar refractivity (Wildman–Crippen MR) is 122 cm³/mol. The van der Waals surface area contributed by atoms with Gasteiger partial charge in [0.25, 0.3) is 0 Å². The number of para-hydroxylation sites is 1. The van der Waals surface area contributed by atoms with Gasteiger partial charge in [-0.3, -0.25) is 19.2 Å². The fourth-order valence-corrected chi connectivity index (χ4v) is 4.66. The zero-order valence-electron chi connectivity index (χ0n) is 20.1. The standard InChI is InChI=1S/C22H26N4O9S/c1-12(27)31-10-17-18(11-32-13(2)28)35-21(20(34-15(4)30)19(17)33-14(3)29)36-22-23-24-25-26(22)16-8-6-5-7-9-16/h5-9,17-21H,10-11H2,1-4H3. The molecule has 5 unspecified atom stereocenters. The van der Waals surface area contributed by atoms with E-state index in [4.69, 9.17) is 23.7 Å². The number of aromatic nitrogens is 4. The molecule has 0 N–H and O–H groups in total. The fourth-order valence-electron chi connectivity index (χ4n) is 3.58. The highest BCUT2D eigenvalue weighted by Crippen LogP contribution is 2.38. The molecule has 1 fully saturated rings. The van der Waals surface area contributed by atoms with Gasteiger partial charge in [-0.25, -0.2) is 0 Å². The van der Waals surface area contributed by atoms with Gasteiger partial charge in [0.2, 0.25) is 5.16 Å². The lowest BCUT2D eigenvalue weighted by atomic mass is 9.90. The molecule has 0 radical (unpaired) electrons. The van der Waals surface area contributed by atoms with Crippen molar-refractivity contribution in [2.45, 2.75) is 56.6 Å². The SMILES string of the molecule is CC(=O)OCC1OC(Sc2nnnn2-c2ccccc2)C(OC(C)=O)C(OC(C)=O)C1COC(C)=O. The van der Waals surface area contributed by atoms with Crippen LogP contribution in [0.15, 0.2) is 35.5 Å². The van der Waals surface area contributed by atoms with Crippen LogP contribution in [0.1, 0.15) is 27.7 Å². The zero-order chi connectivity index (χ0) is 26.2. The summed E-state index contributed by atoms with van der Waals surface area (Å²) >= 11 is 1.03. The van der Waals surface area contributed by atoms with E-state index in [1.807, 2.05) is 18.2 Å². The van der Waals surface area contributed by atoms with Crippen LogP contribution in [-0.2, 0) is 42.9 Å². The van der Waals surface area contributed by atoms with Crippen LogP contribution in [0.4, 0.5) is 0 Å². The van der Waals surface area contributed by atoms with E-state index in [1.165, 1.54) is 32.4 Å². The second-order valence-corrected chi connectivity index (χ2v) is 8.85. The van der Waals surface area contributed by atoms with E-state index in [0.717, 1.165) is 11.8 Å². The van der Waals surface area contributed by atoms with Gasteiger partial charge >= 0.3 is 23.9 Å². The summed E-state index contributed by atoms with van der Waals surface area (Å²) in [6, 6.07) is 9.07. The third kappa shape index (κ3) is 7.24. The van der Waals surface area contributed by atoms with Crippen LogP contribution >= 0.6 is 11.8 Å². The van der Waals surface area contributed by atoms with E-state index in [-0.39, 0.29) is 13.2 Å². The molecule has 13 nitrogen and oxygen atoms in total. The summed E-state index contributed by atoms with van der Waals surface area (Å²) in [5.41, 5.74) is -0.313. The third-order valence-electron chi connectivity index (χ3n) is 5.00. The summed E-state index contributed by atoms with van der Waals surface area (Å²) in [5.74, 6) is -3.27. The Morgan fingerprint density at radius 1 is 0.889 bits per heavy atom. The highest BCUT2D eigenvalue weighted by Gasteiger charge is 2.51. The lowest BCUT2D eigenvalue weighted by Gasteiger charge is -2.44. The van der Waals surface area contributed by atoms with Crippen molar-refractivity contribution >= 4 is 35.6 Å². The van der Waals surface area contributed by atoms with E-state index < -0.39 is 53.5 Å². The van der Waals surface area contributed by atoms with Crippen LogP contribution in [-0.4, -0.2) is 81.0 Å². The monoisotopic (exact) mass is 522 g/mol. The van der Waals surface area contributed by atoms with Gasteiger partial charge in [0.05, 0.1) is 11.6 Å². The van der Waals surface area contributed by atoms with Crippen molar-refractivity contribution in [2.24, 2.45) is 5.92 Å². The fraction of sp³-hybridized carbons (Fsp3) is 0.500. The summed E-state index contributed by atoms with van der Waals surface area (Å²) in [7, 11) is 0. The summed E-state index contributed by atoms with van der Waals surface area (Å²) in [6.07, 6.45) is -3.12. The molecule has 2 aromatic rings. The quantitative estimate of drug-likeness (QED) is 0.340. The summed E-state index contributed by atoms with van der Waals surface area (Å²) in [4.78, 5) is 47.1. The zero-order valence-corrected chi connectivity index (χ0v) is 20.9. The Balaban J connectivity index is 1.99. The Hall–Kier alpha value is -3.52. The number of nitrogens with zero attached hydrogens (tertiary/aromatic N) is 4. The van der Waals surface area contributed by atoms with Gasteiger partial charge < -0.3 is 23.7 Å². The average Bonchev–Trinajstić information content (AvgIpc) is 3.27. The number of thioether (sulfide) groups is 1. The molecule has 1 aromatic carbocycles. The van der Waals surface area contributed by atoms with Crippen LogP contribution in [0.3, 0.4) is 0 Å². The first-order valence-corrected chi connectivity index (χ1v) is 11.8. The number of tetrazole rings is 1. The molecule has 0 bridgehead atoms. The first-order chi connectivity index (χ1) is 17.2. The normalized spacial score (nSPS) is 23.4. The molecule has 194 valence electrons. The largest absolute Gasteiger partial charge is 0.465 e. The van der Waals surface area contributed by atoms with Crippen LogP contribution in [0.5, 0.6) is 0 Å². The first-order valence-electron chi connectivity index (χ1n) is 10.9. The van der Waals surface area contributed by atoms with Crippen molar-refractivity contribution in [1.29, 1.82) is 0 Å². The number of carbonyl (C=O) groups is 4. The van der Waals surface area contributed by atoms with E-state index in [2.05, 4.69) is 15.5 Å². The molecule has 0 spiro atoms. The molecule has 0 aliphatic carbocycles. The minimum Gasteiger partial charge on any atom is -0.465 e. The highest BCUT2D eigenvalue weighted by molar-refractivity contribution is 7.99. The smallest absolute Gasteiger partial charge is 0.303 e. The number of ether oxygens (including phenoxy) is 5. The average molecular weight is 523 g/mol. The van der Waals surface area contributed by atoms with Crippen molar-refractivity contribution in [2.75, 3.05) is 13.2 Å². The van der Waals surface area contributed by atoms with Crippen LogP contribution in [0, 0.1) is 5.92 Å². The molecule has 5 atom stereocenters. The maximum absolute atomic E-state index is 12.0. The molecule has 1 saturated heterocycles. The van der Waals surface area contributed by atoms with Gasteiger partial charge in [-0.15, -0.1) is 5.10 Å². The number of benzene rings is 1. The molecular formula is C22H26N4O9S. The second-order valence-electron chi connectivity index (χ2n) is 7.79. The Morgan fingerprint density at radius 3 is 2.11 bits per heavy atom. The predicted octanol–water partition coefficient (Wildman–Crippen LogP) is 1.09. The van der Waals surface area contributed by atoms with Gasteiger partial charge in [-0.05, 0) is 34.3 Å². The van der Waals surface area contributed by atoms with Crippen LogP contribution in [0.25, 0.3) is 5.69 Å². The molecule has 1 aliphatic rings. The van der Waals surface area contributed by atoms with Gasteiger partial charge in [0, 0.05) is 27.7 Å². The van der Waals surface area contributed by atoms with Gasteiger partial charge in [-0.2, -0.15) is 4.68 Å². The number of carbonyl (C=O) groups excluding carboxylic acids is 4. The minimum absolute atomic E-state index is 0.230. The lowest BCUT2D eigenvalue weighted by Crippen LogP contribution is -2.58. The maximum Gasteiger partial charge on any atom is 0.303 e. The number of esters is 4. The minimum atomic E-state index is -1.13. The van der Waals surface area contributed by atoms with Gasteiger partial charge in [0.15, 0.2) is 17.6 Å². The molecule has 1 aliphatic heterocycles. The topological polar surface area (TPSA) is 158 Å². The molecule has 1 aromatic heterocycles. The number of hydrogen-bond donors (Lipinski definition) is 0. The van der Waals surface area contributed by atoms with E-state index in [0.29, 0.717) is 10.8 Å². The van der Waals surface area contributed by atoms with Crippen molar-refractivity contribution < 1.29 is 42.9 Å². The maximum atomic E-state index is 12.0. The number of rotatable bonds is 9. The van der Waals surface area contributed by atoms with Crippen LogP contribution in [0.2, 0.25) is 0 Å². The van der Waals surface area contributed by atoms with E-state index in [9.17, 15) is 19.2 Å². The Kier molecular flexibility index (Phi) is 9.36.